The average Bonchev–Trinajstić information content (AvgIpc) is 3.83. The van der Waals surface area contributed by atoms with E-state index < -0.39 is 29.6 Å². The number of H-pyrrole nitrogens is 1. The summed E-state index contributed by atoms with van der Waals surface area (Å²) in [6, 6.07) is 9.24. The van der Waals surface area contributed by atoms with Crippen LogP contribution in [0.1, 0.15) is 43.1 Å². The van der Waals surface area contributed by atoms with Gasteiger partial charge in [0.25, 0.3) is 11.8 Å². The van der Waals surface area contributed by atoms with Crippen molar-refractivity contribution in [3.05, 3.63) is 76.3 Å². The van der Waals surface area contributed by atoms with Crippen molar-refractivity contribution >= 4 is 84.4 Å². The van der Waals surface area contributed by atoms with Gasteiger partial charge in [0.2, 0.25) is 0 Å². The number of hydrogen-bond donors (Lipinski definition) is 3. The number of aromatic nitrogens is 3. The van der Waals surface area contributed by atoms with Gasteiger partial charge in [0.15, 0.2) is 16.3 Å². The number of nitrogens with one attached hydrogen (secondary N) is 3. The summed E-state index contributed by atoms with van der Waals surface area (Å²) in [5.74, 6) is -1.26. The quantitative estimate of drug-likeness (QED) is 0.163. The molecule has 0 saturated carbocycles. The molecule has 0 bridgehead atoms. The highest BCUT2D eigenvalue weighted by atomic mass is 35.5. The maximum absolute atomic E-state index is 14.0. The van der Waals surface area contributed by atoms with Gasteiger partial charge in [-0.25, -0.2) is 14.8 Å². The molecule has 3 amide bonds. The van der Waals surface area contributed by atoms with E-state index in [-0.39, 0.29) is 46.1 Å². The molecule has 0 saturated heterocycles. The highest BCUT2D eigenvalue weighted by molar-refractivity contribution is 7.20. The lowest BCUT2D eigenvalue weighted by Gasteiger charge is -2.17. The third kappa shape index (κ3) is 5.30. The van der Waals surface area contributed by atoms with E-state index in [0.29, 0.717) is 27.1 Å². The Morgan fingerprint density at radius 1 is 1.15 bits per heavy atom. The van der Waals surface area contributed by atoms with Gasteiger partial charge in [-0.3, -0.25) is 9.59 Å². The molecule has 0 fully saturated rings. The molecular weight excluding hydrogens is 661 g/mol. The second kappa shape index (κ2) is 11.3. The Kier molecular flexibility index (Phi) is 7.32. The second-order valence-electron chi connectivity index (χ2n) is 10.8. The lowest BCUT2D eigenvalue weighted by atomic mass is 9.97. The van der Waals surface area contributed by atoms with Crippen LogP contribution in [0.5, 0.6) is 5.75 Å². The Bertz CT molecular complexity index is 2260. The van der Waals surface area contributed by atoms with Crippen LogP contribution in [0.3, 0.4) is 0 Å². The number of alkyl halides is 4. The van der Waals surface area contributed by atoms with Crippen LogP contribution in [0.15, 0.2) is 53.1 Å². The molecule has 1 aliphatic rings. The number of aromatic amines is 1. The number of halogens is 4. The van der Waals surface area contributed by atoms with Crippen molar-refractivity contribution in [2.24, 2.45) is 0 Å². The molecule has 3 N–H and O–H groups in total. The highest BCUT2D eigenvalue weighted by Gasteiger charge is 2.37. The number of ether oxygens (including phenoxy) is 1. The van der Waals surface area contributed by atoms with Crippen LogP contribution in [-0.2, 0) is 6.18 Å². The Hall–Kier alpha value is -5.15. The van der Waals surface area contributed by atoms with Gasteiger partial charge >= 0.3 is 18.2 Å². The van der Waals surface area contributed by atoms with Crippen LogP contribution in [0.25, 0.3) is 32.2 Å². The minimum absolute atomic E-state index is 0.0286. The minimum atomic E-state index is -4.57. The zero-order valence-electron chi connectivity index (χ0n) is 24.4. The Morgan fingerprint density at radius 3 is 2.70 bits per heavy atom. The lowest BCUT2D eigenvalue weighted by Crippen LogP contribution is -2.30. The van der Waals surface area contributed by atoms with E-state index in [0.717, 1.165) is 46.0 Å². The molecule has 240 valence electrons. The van der Waals surface area contributed by atoms with E-state index in [1.54, 1.807) is 35.4 Å². The Morgan fingerprint density at radius 2 is 1.96 bits per heavy atom. The first-order valence-electron chi connectivity index (χ1n) is 14.1. The van der Waals surface area contributed by atoms with Crippen LogP contribution >= 0.6 is 22.9 Å². The molecule has 11 nitrogen and oxygen atoms in total. The molecular formula is C31H22ClF3N6O5S. The van der Waals surface area contributed by atoms with E-state index in [1.807, 2.05) is 6.92 Å². The van der Waals surface area contributed by atoms with Gasteiger partial charge in [-0.15, -0.1) is 22.9 Å². The molecule has 1 unspecified atom stereocenters. The number of fused-ring (bicyclic) bond motifs is 5. The second-order valence-corrected chi connectivity index (χ2v) is 12.1. The number of carbonyl (C=O) groups excluding carboxylic acids is 3. The summed E-state index contributed by atoms with van der Waals surface area (Å²) in [5.41, 5.74) is 2.69. The third-order valence-electron chi connectivity index (χ3n) is 7.81. The van der Waals surface area contributed by atoms with Crippen molar-refractivity contribution < 1.29 is 36.7 Å². The summed E-state index contributed by atoms with van der Waals surface area (Å²) in [7, 11) is 1.45. The molecule has 16 heteroatoms. The zero-order chi connectivity index (χ0) is 33.2. The summed E-state index contributed by atoms with van der Waals surface area (Å²) >= 11 is 7.55. The first kappa shape index (κ1) is 30.5. The van der Waals surface area contributed by atoms with Crippen LogP contribution in [0, 0.1) is 6.92 Å². The van der Waals surface area contributed by atoms with Crippen molar-refractivity contribution in [3.8, 4) is 5.75 Å². The molecule has 1 atom stereocenters. The number of rotatable bonds is 5. The number of amides is 3. The standard InChI is InChI=1S/C31H22ClF3N6O5S/c1-13-11-37-25-21(46-30(44)36-2)9-19-24(23(13)25)14(10-32)12-41(19)29(43)28-40-18-8-16(4-6-22(18)47-28)38-26(42)27-39-17-7-15(31(33,34)35)3-5-20(17)45-27/h3-9,11,14,37H,10,12H2,1-2H3,(H,36,44)(H,38,42). The van der Waals surface area contributed by atoms with Gasteiger partial charge in [0, 0.05) is 48.7 Å². The Balaban J connectivity index is 1.17. The molecule has 0 spiro atoms. The first-order chi connectivity index (χ1) is 22.4. The van der Waals surface area contributed by atoms with Crippen LogP contribution in [-0.4, -0.2) is 52.3 Å². The molecule has 3 aromatic carbocycles. The fourth-order valence-electron chi connectivity index (χ4n) is 5.66. The fourth-order valence-corrected chi connectivity index (χ4v) is 6.81. The highest BCUT2D eigenvalue weighted by Crippen LogP contribution is 2.47. The normalized spacial score (nSPS) is 14.6. The lowest BCUT2D eigenvalue weighted by molar-refractivity contribution is -0.137. The summed E-state index contributed by atoms with van der Waals surface area (Å²) in [4.78, 5) is 52.1. The number of anilines is 2. The largest absolute Gasteiger partial charge is 0.432 e. The number of carbonyl (C=O) groups is 3. The number of nitrogens with zero attached hydrogens (tertiary/aromatic N) is 3. The SMILES string of the molecule is CNC(=O)Oc1cc2c(c3c(C)c[nH]c13)C(CCl)CN2C(=O)c1nc2cc(NC(=O)c3nc4cc(C(F)(F)F)ccc4o3)ccc2s1. The fraction of sp³-hybridized carbons (Fsp3) is 0.194. The molecule has 3 aromatic heterocycles. The summed E-state index contributed by atoms with van der Waals surface area (Å²) < 4.78 is 50.8. The van der Waals surface area contributed by atoms with Gasteiger partial charge in [-0.05, 0) is 54.4 Å². The topological polar surface area (TPSA) is 142 Å². The van der Waals surface area contributed by atoms with Crippen LogP contribution < -0.4 is 20.3 Å². The minimum Gasteiger partial charge on any atom is -0.432 e. The maximum Gasteiger partial charge on any atom is 0.416 e. The van der Waals surface area contributed by atoms with E-state index in [4.69, 9.17) is 20.8 Å². The van der Waals surface area contributed by atoms with E-state index in [2.05, 4.69) is 25.6 Å². The maximum atomic E-state index is 14.0. The van der Waals surface area contributed by atoms with Gasteiger partial charge in [-0.2, -0.15) is 13.2 Å². The van der Waals surface area contributed by atoms with Crippen molar-refractivity contribution in [1.82, 2.24) is 20.3 Å². The number of benzene rings is 3. The van der Waals surface area contributed by atoms with E-state index in [1.165, 1.54) is 7.05 Å². The van der Waals surface area contributed by atoms with E-state index >= 15 is 0 Å². The van der Waals surface area contributed by atoms with Crippen molar-refractivity contribution in [2.75, 3.05) is 29.7 Å². The van der Waals surface area contributed by atoms with Crippen molar-refractivity contribution in [3.63, 3.8) is 0 Å². The smallest absolute Gasteiger partial charge is 0.416 e. The third-order valence-corrected chi connectivity index (χ3v) is 9.21. The average molecular weight is 683 g/mol. The molecule has 7 rings (SSSR count). The number of oxazole rings is 1. The number of hydrogen-bond acceptors (Lipinski definition) is 8. The van der Waals surface area contributed by atoms with Crippen LogP contribution in [0.2, 0.25) is 0 Å². The predicted molar refractivity (Wildman–Crippen MR) is 170 cm³/mol. The monoisotopic (exact) mass is 682 g/mol. The van der Waals surface area contributed by atoms with Gasteiger partial charge < -0.3 is 29.7 Å². The summed E-state index contributed by atoms with van der Waals surface area (Å²) in [5, 5.41) is 6.05. The van der Waals surface area contributed by atoms with Gasteiger partial charge in [-0.1, -0.05) is 0 Å². The molecule has 6 aromatic rings. The molecule has 1 aliphatic heterocycles. The molecule has 47 heavy (non-hydrogen) atoms. The van der Waals surface area contributed by atoms with Gasteiger partial charge in [0.1, 0.15) is 5.52 Å². The zero-order valence-corrected chi connectivity index (χ0v) is 26.0. The molecule has 4 heterocycles. The first-order valence-corrected chi connectivity index (χ1v) is 15.4. The van der Waals surface area contributed by atoms with E-state index in [9.17, 15) is 27.6 Å². The van der Waals surface area contributed by atoms with Crippen LogP contribution in [0.4, 0.5) is 29.3 Å². The summed E-state index contributed by atoms with van der Waals surface area (Å²) in [6.45, 7) is 2.20. The van der Waals surface area contributed by atoms with Gasteiger partial charge in [0.05, 0.1) is 27.0 Å². The number of aryl methyl sites for hydroxylation is 1. The summed E-state index contributed by atoms with van der Waals surface area (Å²) in [6.07, 6.45) is -3.43. The number of thiazole rings is 1. The van der Waals surface area contributed by atoms with Crippen molar-refractivity contribution in [1.29, 1.82) is 0 Å². The van der Waals surface area contributed by atoms with Crippen molar-refractivity contribution in [2.45, 2.75) is 19.0 Å². The predicted octanol–water partition coefficient (Wildman–Crippen LogP) is 7.20. The molecule has 0 radical (unpaired) electrons. The Labute approximate surface area is 271 Å². The molecule has 0 aliphatic carbocycles.